The van der Waals surface area contributed by atoms with Crippen LogP contribution in [0.2, 0.25) is 0 Å². The van der Waals surface area contributed by atoms with Crippen molar-refractivity contribution in [3.05, 3.63) is 24.2 Å². The Kier molecular flexibility index (Phi) is 4.30. The van der Waals surface area contributed by atoms with Crippen LogP contribution in [-0.4, -0.2) is 73.5 Å². The highest BCUT2D eigenvalue weighted by Crippen LogP contribution is 2.31. The Morgan fingerprint density at radius 2 is 2.22 bits per heavy atom. The van der Waals surface area contributed by atoms with E-state index in [9.17, 15) is 9.59 Å². The first-order valence-electron chi connectivity index (χ1n) is 7.94. The maximum atomic E-state index is 12.4. The molecular weight excluding hydrogens is 296 g/mol. The van der Waals surface area contributed by atoms with E-state index in [1.807, 2.05) is 11.0 Å². The zero-order valence-electron chi connectivity index (χ0n) is 13.7. The summed E-state index contributed by atoms with van der Waals surface area (Å²) in [6.07, 6.45) is 3.90. The van der Waals surface area contributed by atoms with E-state index in [1.54, 1.807) is 31.5 Å². The predicted octanol–water partition coefficient (Wildman–Crippen LogP) is 0.585. The molecule has 1 aromatic rings. The summed E-state index contributed by atoms with van der Waals surface area (Å²) in [6.45, 7) is 4.28. The van der Waals surface area contributed by atoms with Gasteiger partial charge in [0.15, 0.2) is 0 Å². The molecule has 1 atom stereocenters. The zero-order chi connectivity index (χ0) is 16.4. The Balaban J connectivity index is 1.78. The fourth-order valence-corrected chi connectivity index (χ4v) is 3.55. The lowest BCUT2D eigenvalue weighted by Crippen LogP contribution is -2.47. The summed E-state index contributed by atoms with van der Waals surface area (Å²) in [6, 6.07) is 1.96. The molecule has 0 bridgehead atoms. The van der Waals surface area contributed by atoms with Crippen LogP contribution in [0.15, 0.2) is 23.0 Å². The summed E-state index contributed by atoms with van der Waals surface area (Å²) in [5, 5.41) is 2.94. The highest BCUT2D eigenvalue weighted by molar-refractivity contribution is 5.80. The Hall–Kier alpha value is -2.02. The van der Waals surface area contributed by atoms with Crippen molar-refractivity contribution in [3.63, 3.8) is 0 Å². The molecule has 3 heterocycles. The largest absolute Gasteiger partial charge is 0.472 e. The normalized spacial score (nSPS) is 25.5. The Morgan fingerprint density at radius 3 is 2.83 bits per heavy atom. The molecule has 1 spiro atoms. The Morgan fingerprint density at radius 1 is 1.39 bits per heavy atom. The second-order valence-electron chi connectivity index (χ2n) is 6.89. The van der Waals surface area contributed by atoms with Gasteiger partial charge in [0.2, 0.25) is 5.91 Å². The van der Waals surface area contributed by atoms with Crippen molar-refractivity contribution in [1.29, 1.82) is 0 Å². The lowest BCUT2D eigenvalue weighted by molar-refractivity contribution is -0.119. The number of furan rings is 1. The molecule has 23 heavy (non-hydrogen) atoms. The molecule has 0 aromatic carbocycles. The topological polar surface area (TPSA) is 69.0 Å². The SMILES string of the molecule is CN(C)C(=O)N1CCN(Cc2ccoc2)C[C@]2(CNC(=O)C2)C1. The van der Waals surface area contributed by atoms with E-state index in [0.29, 0.717) is 26.1 Å². The highest BCUT2D eigenvalue weighted by Gasteiger charge is 2.44. The Labute approximate surface area is 136 Å². The maximum absolute atomic E-state index is 12.4. The monoisotopic (exact) mass is 320 g/mol. The Bertz CT molecular complexity index is 572. The number of hydrogen-bond donors (Lipinski definition) is 1. The number of carbonyl (C=O) groups excluding carboxylic acids is 2. The predicted molar refractivity (Wildman–Crippen MR) is 84.7 cm³/mol. The molecule has 2 aliphatic heterocycles. The quantitative estimate of drug-likeness (QED) is 0.866. The number of carbonyl (C=O) groups is 2. The van der Waals surface area contributed by atoms with Crippen molar-refractivity contribution in [1.82, 2.24) is 20.0 Å². The lowest BCUT2D eigenvalue weighted by Gasteiger charge is -2.33. The van der Waals surface area contributed by atoms with Crippen molar-refractivity contribution in [2.24, 2.45) is 5.41 Å². The lowest BCUT2D eigenvalue weighted by atomic mass is 9.86. The molecule has 7 heteroatoms. The molecule has 7 nitrogen and oxygen atoms in total. The molecular formula is C16H24N4O3. The third-order valence-corrected chi connectivity index (χ3v) is 4.61. The minimum absolute atomic E-state index is 0.00823. The van der Waals surface area contributed by atoms with Gasteiger partial charge in [-0.25, -0.2) is 4.79 Å². The van der Waals surface area contributed by atoms with E-state index < -0.39 is 0 Å². The summed E-state index contributed by atoms with van der Waals surface area (Å²) in [5.74, 6) is 0.0763. The smallest absolute Gasteiger partial charge is 0.319 e. The molecule has 0 saturated carbocycles. The van der Waals surface area contributed by atoms with Crippen LogP contribution in [0.1, 0.15) is 12.0 Å². The minimum Gasteiger partial charge on any atom is -0.472 e. The second kappa shape index (κ2) is 6.23. The van der Waals surface area contributed by atoms with Gasteiger partial charge in [0, 0.05) is 70.8 Å². The summed E-state index contributed by atoms with van der Waals surface area (Å²) >= 11 is 0. The molecule has 1 aromatic heterocycles. The first-order valence-corrected chi connectivity index (χ1v) is 7.94. The molecule has 0 aliphatic carbocycles. The van der Waals surface area contributed by atoms with Crippen LogP contribution in [0.4, 0.5) is 4.79 Å². The average Bonchev–Trinajstić information content (AvgIpc) is 3.08. The molecule has 2 aliphatic rings. The van der Waals surface area contributed by atoms with Crippen molar-refractivity contribution in [3.8, 4) is 0 Å². The van der Waals surface area contributed by atoms with Crippen molar-refractivity contribution < 1.29 is 14.0 Å². The van der Waals surface area contributed by atoms with Gasteiger partial charge in [-0.3, -0.25) is 9.69 Å². The van der Waals surface area contributed by atoms with Gasteiger partial charge in [0.05, 0.1) is 12.5 Å². The number of urea groups is 1. The van der Waals surface area contributed by atoms with Gasteiger partial charge in [-0.2, -0.15) is 0 Å². The van der Waals surface area contributed by atoms with Crippen LogP contribution >= 0.6 is 0 Å². The second-order valence-corrected chi connectivity index (χ2v) is 6.89. The van der Waals surface area contributed by atoms with Crippen molar-refractivity contribution in [2.45, 2.75) is 13.0 Å². The van der Waals surface area contributed by atoms with Gasteiger partial charge >= 0.3 is 6.03 Å². The fraction of sp³-hybridized carbons (Fsp3) is 0.625. The first-order chi connectivity index (χ1) is 11.0. The zero-order valence-corrected chi connectivity index (χ0v) is 13.7. The molecule has 3 rings (SSSR count). The number of hydrogen-bond acceptors (Lipinski definition) is 4. The van der Waals surface area contributed by atoms with Gasteiger partial charge in [0.25, 0.3) is 0 Å². The van der Waals surface area contributed by atoms with Gasteiger partial charge < -0.3 is 19.5 Å². The van der Waals surface area contributed by atoms with Crippen molar-refractivity contribution in [2.75, 3.05) is 46.8 Å². The van der Waals surface area contributed by atoms with E-state index in [0.717, 1.165) is 25.2 Å². The molecule has 0 unspecified atom stereocenters. The fourth-order valence-electron chi connectivity index (χ4n) is 3.55. The summed E-state index contributed by atoms with van der Waals surface area (Å²) in [7, 11) is 3.53. The molecule has 1 N–H and O–H groups in total. The average molecular weight is 320 g/mol. The number of nitrogens with zero attached hydrogens (tertiary/aromatic N) is 3. The van der Waals surface area contributed by atoms with Gasteiger partial charge in [-0.05, 0) is 6.07 Å². The molecule has 126 valence electrons. The van der Waals surface area contributed by atoms with Gasteiger partial charge in [0.1, 0.15) is 0 Å². The molecule has 2 saturated heterocycles. The van der Waals surface area contributed by atoms with Crippen LogP contribution in [0.25, 0.3) is 0 Å². The van der Waals surface area contributed by atoms with Crippen LogP contribution in [0.5, 0.6) is 0 Å². The number of nitrogens with one attached hydrogen (secondary N) is 1. The van der Waals surface area contributed by atoms with E-state index in [4.69, 9.17) is 4.42 Å². The van der Waals surface area contributed by atoms with Gasteiger partial charge in [-0.1, -0.05) is 0 Å². The maximum Gasteiger partial charge on any atom is 0.319 e. The molecule has 2 fully saturated rings. The highest BCUT2D eigenvalue weighted by atomic mass is 16.3. The molecule has 3 amide bonds. The van der Waals surface area contributed by atoms with E-state index in [1.165, 1.54) is 0 Å². The minimum atomic E-state index is -0.205. The van der Waals surface area contributed by atoms with Crippen LogP contribution in [0, 0.1) is 5.41 Å². The van der Waals surface area contributed by atoms with Crippen LogP contribution in [0.3, 0.4) is 0 Å². The van der Waals surface area contributed by atoms with Gasteiger partial charge in [-0.15, -0.1) is 0 Å². The van der Waals surface area contributed by atoms with Crippen LogP contribution in [-0.2, 0) is 11.3 Å². The third-order valence-electron chi connectivity index (χ3n) is 4.61. The third kappa shape index (κ3) is 3.50. The first kappa shape index (κ1) is 15.9. The summed E-state index contributed by atoms with van der Waals surface area (Å²) in [5.41, 5.74) is 0.910. The summed E-state index contributed by atoms with van der Waals surface area (Å²) in [4.78, 5) is 30.0. The number of rotatable bonds is 2. The summed E-state index contributed by atoms with van der Waals surface area (Å²) < 4.78 is 5.15. The van der Waals surface area contributed by atoms with Crippen molar-refractivity contribution >= 4 is 11.9 Å². The van der Waals surface area contributed by atoms with Crippen LogP contribution < -0.4 is 5.32 Å². The van der Waals surface area contributed by atoms with E-state index in [2.05, 4.69) is 10.2 Å². The van der Waals surface area contributed by atoms with E-state index in [-0.39, 0.29) is 17.4 Å². The van der Waals surface area contributed by atoms with E-state index >= 15 is 0 Å². The standard InChI is InChI=1S/C16H24N4O3/c1-18(2)15(22)20-5-4-19(8-13-3-6-23-9-13)11-16(12-20)7-14(21)17-10-16/h3,6,9H,4-5,7-8,10-12H2,1-2H3,(H,17,21)/t16-/m0/s1. The number of amides is 3. The molecule has 0 radical (unpaired) electrons.